The zero-order valence-electron chi connectivity index (χ0n) is 13.3. The molecule has 2 aromatic rings. The number of nitrogens with one attached hydrogen (secondary N) is 1. The fraction of sp³-hybridized carbons (Fsp3) is 0.588. The smallest absolute Gasteiger partial charge is 0.125 e. The van der Waals surface area contributed by atoms with Gasteiger partial charge in [0.25, 0.3) is 0 Å². The average Bonchev–Trinajstić information content (AvgIpc) is 2.89. The van der Waals surface area contributed by atoms with E-state index in [2.05, 4.69) is 35.6 Å². The lowest BCUT2D eigenvalue weighted by Crippen LogP contribution is -2.29. The van der Waals surface area contributed by atoms with E-state index in [-0.39, 0.29) is 11.9 Å². The Labute approximate surface area is 126 Å². The van der Waals surface area contributed by atoms with Gasteiger partial charge in [0, 0.05) is 0 Å². The van der Waals surface area contributed by atoms with E-state index in [1.165, 1.54) is 37.8 Å². The molecule has 1 aromatic heterocycles. The topological polar surface area (TPSA) is 31.9 Å². The van der Waals surface area contributed by atoms with Gasteiger partial charge in [-0.3, -0.25) is 4.90 Å². The number of aromatic amines is 1. The number of H-pyrrole nitrogens is 1. The zero-order valence-corrected chi connectivity index (χ0v) is 13.3. The number of rotatable bonds is 8. The lowest BCUT2D eigenvalue weighted by molar-refractivity contribution is 0.198. The number of hydrogen-bond acceptors (Lipinski definition) is 2. The highest BCUT2D eigenvalue weighted by Gasteiger charge is 2.18. The van der Waals surface area contributed by atoms with Crippen LogP contribution in [0.2, 0.25) is 0 Å². The predicted molar refractivity (Wildman–Crippen MR) is 85.9 cm³/mol. The van der Waals surface area contributed by atoms with Crippen molar-refractivity contribution in [1.29, 1.82) is 0 Å². The van der Waals surface area contributed by atoms with Gasteiger partial charge in [-0.1, -0.05) is 26.7 Å². The van der Waals surface area contributed by atoms with Crippen molar-refractivity contribution in [3.05, 3.63) is 29.8 Å². The normalized spacial score (nSPS) is 13.2. The molecule has 1 heterocycles. The second kappa shape index (κ2) is 7.55. The van der Waals surface area contributed by atoms with E-state index in [1.54, 1.807) is 6.07 Å². The van der Waals surface area contributed by atoms with Gasteiger partial charge in [-0.15, -0.1) is 0 Å². The van der Waals surface area contributed by atoms with Gasteiger partial charge in [0.2, 0.25) is 0 Å². The third kappa shape index (κ3) is 4.03. The summed E-state index contributed by atoms with van der Waals surface area (Å²) in [5.74, 6) is 0.710. The second-order valence-electron chi connectivity index (χ2n) is 5.70. The lowest BCUT2D eigenvalue weighted by Gasteiger charge is -2.27. The van der Waals surface area contributed by atoms with Crippen LogP contribution in [-0.4, -0.2) is 28.0 Å². The maximum Gasteiger partial charge on any atom is 0.125 e. The Kier molecular flexibility index (Phi) is 5.74. The van der Waals surface area contributed by atoms with Gasteiger partial charge in [0.1, 0.15) is 11.6 Å². The maximum absolute atomic E-state index is 13.3. The summed E-state index contributed by atoms with van der Waals surface area (Å²) in [4.78, 5) is 10.4. The molecular formula is C17H26FN3. The molecule has 1 unspecified atom stereocenters. The zero-order chi connectivity index (χ0) is 15.2. The molecule has 21 heavy (non-hydrogen) atoms. The van der Waals surface area contributed by atoms with E-state index in [0.717, 1.165) is 29.9 Å². The monoisotopic (exact) mass is 291 g/mol. The summed E-state index contributed by atoms with van der Waals surface area (Å²) in [5.41, 5.74) is 1.62. The number of halogens is 1. The first kappa shape index (κ1) is 16.0. The Morgan fingerprint density at radius 1 is 1.19 bits per heavy atom. The summed E-state index contributed by atoms with van der Waals surface area (Å²) in [6.07, 6.45) is 4.78. The van der Waals surface area contributed by atoms with Crippen molar-refractivity contribution in [2.24, 2.45) is 0 Å². The molecule has 0 aliphatic heterocycles. The summed E-state index contributed by atoms with van der Waals surface area (Å²) >= 11 is 0. The predicted octanol–water partition coefficient (Wildman–Crippen LogP) is 4.67. The van der Waals surface area contributed by atoms with Gasteiger partial charge in [-0.05, 0) is 51.1 Å². The molecule has 0 spiro atoms. The van der Waals surface area contributed by atoms with Crippen LogP contribution >= 0.6 is 0 Å². The molecule has 2 rings (SSSR count). The Balaban J connectivity index is 2.17. The van der Waals surface area contributed by atoms with E-state index >= 15 is 0 Å². The fourth-order valence-corrected chi connectivity index (χ4v) is 2.59. The Hall–Kier alpha value is -1.42. The second-order valence-corrected chi connectivity index (χ2v) is 5.70. The van der Waals surface area contributed by atoms with Crippen molar-refractivity contribution in [2.75, 3.05) is 13.1 Å². The molecule has 1 N–H and O–H groups in total. The van der Waals surface area contributed by atoms with Crippen LogP contribution < -0.4 is 0 Å². The first-order valence-electron chi connectivity index (χ1n) is 8.05. The number of nitrogens with zero attached hydrogens (tertiary/aromatic N) is 2. The Bertz CT molecular complexity index is 556. The van der Waals surface area contributed by atoms with Crippen LogP contribution in [0.15, 0.2) is 18.2 Å². The number of benzene rings is 1. The van der Waals surface area contributed by atoms with Crippen LogP contribution in [-0.2, 0) is 0 Å². The Morgan fingerprint density at radius 2 is 1.86 bits per heavy atom. The number of hydrogen-bond donors (Lipinski definition) is 1. The van der Waals surface area contributed by atoms with E-state index in [4.69, 9.17) is 0 Å². The third-order valence-corrected chi connectivity index (χ3v) is 4.00. The molecular weight excluding hydrogens is 265 g/mol. The van der Waals surface area contributed by atoms with Crippen LogP contribution in [0.3, 0.4) is 0 Å². The summed E-state index contributed by atoms with van der Waals surface area (Å²) < 4.78 is 13.3. The van der Waals surface area contributed by atoms with Gasteiger partial charge in [0.15, 0.2) is 0 Å². The summed E-state index contributed by atoms with van der Waals surface area (Å²) in [7, 11) is 0. The lowest BCUT2D eigenvalue weighted by atomic mass is 10.2. The van der Waals surface area contributed by atoms with Crippen molar-refractivity contribution in [2.45, 2.75) is 52.5 Å². The molecule has 0 amide bonds. The van der Waals surface area contributed by atoms with Crippen LogP contribution in [0, 0.1) is 5.82 Å². The molecule has 0 saturated heterocycles. The summed E-state index contributed by atoms with van der Waals surface area (Å²) in [5, 5.41) is 0. The third-order valence-electron chi connectivity index (χ3n) is 4.00. The van der Waals surface area contributed by atoms with Crippen LogP contribution in [0.4, 0.5) is 4.39 Å². The van der Waals surface area contributed by atoms with Crippen molar-refractivity contribution >= 4 is 11.0 Å². The van der Waals surface area contributed by atoms with E-state index < -0.39 is 0 Å². The van der Waals surface area contributed by atoms with Crippen molar-refractivity contribution in [1.82, 2.24) is 14.9 Å². The number of aromatic nitrogens is 2. The Morgan fingerprint density at radius 3 is 2.48 bits per heavy atom. The van der Waals surface area contributed by atoms with Gasteiger partial charge in [-0.2, -0.15) is 0 Å². The molecule has 0 fully saturated rings. The minimum Gasteiger partial charge on any atom is -0.341 e. The molecule has 4 heteroatoms. The standard InChI is InChI=1S/C17H26FN3/c1-4-6-10-21(11-7-5-2)13(3)17-19-15-9-8-14(18)12-16(15)20-17/h8-9,12-13H,4-7,10-11H2,1-3H3,(H,19,20). The van der Waals surface area contributed by atoms with Crippen molar-refractivity contribution in [3.8, 4) is 0 Å². The molecule has 3 nitrogen and oxygen atoms in total. The van der Waals surface area contributed by atoms with Crippen LogP contribution in [0.1, 0.15) is 58.3 Å². The maximum atomic E-state index is 13.3. The largest absolute Gasteiger partial charge is 0.341 e. The molecule has 0 saturated carbocycles. The van der Waals surface area contributed by atoms with Crippen LogP contribution in [0.5, 0.6) is 0 Å². The van der Waals surface area contributed by atoms with Gasteiger partial charge in [-0.25, -0.2) is 9.37 Å². The number of fused-ring (bicyclic) bond motifs is 1. The minimum atomic E-state index is -0.223. The molecule has 116 valence electrons. The van der Waals surface area contributed by atoms with Crippen molar-refractivity contribution in [3.63, 3.8) is 0 Å². The molecule has 1 aromatic carbocycles. The fourth-order valence-electron chi connectivity index (χ4n) is 2.59. The highest BCUT2D eigenvalue weighted by atomic mass is 19.1. The highest BCUT2D eigenvalue weighted by molar-refractivity contribution is 5.75. The van der Waals surface area contributed by atoms with Crippen molar-refractivity contribution < 1.29 is 4.39 Å². The molecule has 1 atom stereocenters. The SMILES string of the molecule is CCCCN(CCCC)C(C)c1nc2ccc(F)cc2[nH]1. The summed E-state index contributed by atoms with van der Waals surface area (Å²) in [6, 6.07) is 4.95. The van der Waals surface area contributed by atoms with E-state index in [9.17, 15) is 4.39 Å². The van der Waals surface area contributed by atoms with E-state index in [1.807, 2.05) is 0 Å². The first-order valence-corrected chi connectivity index (χ1v) is 8.05. The molecule has 0 aliphatic carbocycles. The molecule has 0 bridgehead atoms. The van der Waals surface area contributed by atoms with Gasteiger partial charge >= 0.3 is 0 Å². The molecule has 0 radical (unpaired) electrons. The number of imidazole rings is 1. The molecule has 0 aliphatic rings. The van der Waals surface area contributed by atoms with Gasteiger partial charge < -0.3 is 4.98 Å². The summed E-state index contributed by atoms with van der Waals surface area (Å²) in [6.45, 7) is 8.78. The average molecular weight is 291 g/mol. The van der Waals surface area contributed by atoms with E-state index in [0.29, 0.717) is 0 Å². The van der Waals surface area contributed by atoms with Crippen LogP contribution in [0.25, 0.3) is 11.0 Å². The van der Waals surface area contributed by atoms with Gasteiger partial charge in [0.05, 0.1) is 17.1 Å². The minimum absolute atomic E-state index is 0.223. The quantitative estimate of drug-likeness (QED) is 0.766. The number of unbranched alkanes of at least 4 members (excludes halogenated alkanes) is 2. The first-order chi connectivity index (χ1) is 10.2. The highest BCUT2D eigenvalue weighted by Crippen LogP contribution is 2.22.